The zero-order chi connectivity index (χ0) is 48.3. The van der Waals surface area contributed by atoms with Crippen molar-refractivity contribution in [1.29, 1.82) is 0 Å². The van der Waals surface area contributed by atoms with Gasteiger partial charge < -0.3 is 53.2 Å². The largest absolute Gasteiger partial charge is 0.350 e. The third-order valence-corrected chi connectivity index (χ3v) is 12.7. The lowest BCUT2D eigenvalue weighted by Crippen LogP contribution is -2.61. The third kappa shape index (κ3) is 13.6. The lowest BCUT2D eigenvalue weighted by molar-refractivity contribution is 0.427. The highest BCUT2D eigenvalue weighted by Gasteiger charge is 2.38. The molecule has 366 valence electrons. The zero-order valence-electron chi connectivity index (χ0n) is 40.4. The van der Waals surface area contributed by atoms with Crippen molar-refractivity contribution in [3.63, 3.8) is 0 Å². The summed E-state index contributed by atoms with van der Waals surface area (Å²) >= 11 is 0. The molecule has 0 aliphatic carbocycles. The fraction of sp³-hybridized carbons (Fsp3) is 0.370. The summed E-state index contributed by atoms with van der Waals surface area (Å²) in [5.74, 6) is 3.42. The van der Waals surface area contributed by atoms with Crippen molar-refractivity contribution in [2.24, 2.45) is 22.9 Å². The summed E-state index contributed by atoms with van der Waals surface area (Å²) in [5.41, 5.74) is 29.0. The van der Waals surface area contributed by atoms with Gasteiger partial charge in [0.2, 0.25) is 35.7 Å². The van der Waals surface area contributed by atoms with E-state index in [1.54, 1.807) is 0 Å². The van der Waals surface area contributed by atoms with Crippen molar-refractivity contribution >= 4 is 46.5 Å². The van der Waals surface area contributed by atoms with Crippen LogP contribution in [0, 0.1) is 0 Å². The molecular weight excluding hydrogens is 873 g/mol. The molecule has 0 saturated carbocycles. The topological polar surface area (TPSA) is 218 Å². The second kappa shape index (κ2) is 25.6. The number of benzene rings is 5. The van der Waals surface area contributed by atoms with Gasteiger partial charge in [0.05, 0.1) is 12.1 Å². The van der Waals surface area contributed by atoms with Crippen LogP contribution >= 0.6 is 0 Å². The zero-order valence-corrected chi connectivity index (χ0v) is 40.4. The van der Waals surface area contributed by atoms with Gasteiger partial charge in [-0.3, -0.25) is 0 Å². The number of hydrogen-bond acceptors (Lipinski definition) is 16. The van der Waals surface area contributed by atoms with Gasteiger partial charge in [-0.2, -0.15) is 29.9 Å². The van der Waals surface area contributed by atoms with Crippen LogP contribution in [0.25, 0.3) is 10.8 Å². The third-order valence-electron chi connectivity index (χ3n) is 12.7. The molecule has 1 saturated heterocycles. The maximum absolute atomic E-state index is 6.10. The first-order valence-electron chi connectivity index (χ1n) is 24.9. The summed E-state index contributed by atoms with van der Waals surface area (Å²) in [6, 6.07) is 46.3. The van der Waals surface area contributed by atoms with Gasteiger partial charge in [0, 0.05) is 52.4 Å². The summed E-state index contributed by atoms with van der Waals surface area (Å²) in [6.07, 6.45) is 4.58. The first-order chi connectivity index (χ1) is 34.5. The van der Waals surface area contributed by atoms with Crippen LogP contribution in [0.1, 0.15) is 47.9 Å². The Hall–Kier alpha value is -6.98. The predicted molar refractivity (Wildman–Crippen MR) is 286 cm³/mol. The first-order valence-corrected chi connectivity index (χ1v) is 24.9. The smallest absolute Gasteiger partial charge is 0.232 e. The minimum atomic E-state index is -0.105. The average molecular weight is 943 g/mol. The number of nitrogens with one attached hydrogen (secondary N) is 2. The van der Waals surface area contributed by atoms with Crippen molar-refractivity contribution in [3.8, 4) is 0 Å². The minimum absolute atomic E-state index is 0.104. The Morgan fingerprint density at radius 2 is 0.829 bits per heavy atom. The highest BCUT2D eigenvalue weighted by atomic mass is 15.4. The number of rotatable bonds is 26. The Kier molecular flexibility index (Phi) is 18.1. The number of hydrogen-bond donors (Lipinski definition) is 6. The van der Waals surface area contributed by atoms with E-state index in [1.165, 1.54) is 21.9 Å². The molecule has 0 spiro atoms. The molecule has 2 atom stereocenters. The van der Waals surface area contributed by atoms with E-state index in [4.69, 9.17) is 52.8 Å². The van der Waals surface area contributed by atoms with Crippen LogP contribution in [0.4, 0.5) is 35.7 Å². The van der Waals surface area contributed by atoms with Crippen LogP contribution in [0.2, 0.25) is 0 Å². The summed E-state index contributed by atoms with van der Waals surface area (Å²) in [7, 11) is 0. The molecular formula is C54H70N16. The van der Waals surface area contributed by atoms with Crippen LogP contribution in [0.15, 0.2) is 133 Å². The average Bonchev–Trinajstić information content (AvgIpc) is 3.40. The fourth-order valence-corrected chi connectivity index (χ4v) is 9.03. The summed E-state index contributed by atoms with van der Waals surface area (Å²) in [4.78, 5) is 40.6. The lowest BCUT2D eigenvalue weighted by Gasteiger charge is -2.47. The minimum Gasteiger partial charge on any atom is -0.350 e. The molecule has 5 aromatic carbocycles. The van der Waals surface area contributed by atoms with E-state index in [0.29, 0.717) is 114 Å². The molecule has 3 heterocycles. The Balaban J connectivity index is 1.22. The van der Waals surface area contributed by atoms with Gasteiger partial charge in [0.1, 0.15) is 0 Å². The lowest BCUT2D eigenvalue weighted by atomic mass is 9.96. The van der Waals surface area contributed by atoms with Gasteiger partial charge in [0.15, 0.2) is 0 Å². The van der Waals surface area contributed by atoms with Gasteiger partial charge >= 0.3 is 0 Å². The molecule has 2 unspecified atom stereocenters. The van der Waals surface area contributed by atoms with E-state index in [1.807, 2.05) is 18.2 Å². The van der Waals surface area contributed by atoms with Crippen LogP contribution < -0.4 is 53.2 Å². The van der Waals surface area contributed by atoms with E-state index < -0.39 is 0 Å². The highest BCUT2D eigenvalue weighted by Crippen LogP contribution is 2.31. The fourth-order valence-electron chi connectivity index (χ4n) is 9.03. The van der Waals surface area contributed by atoms with E-state index in [0.717, 1.165) is 49.7 Å². The quantitative estimate of drug-likeness (QED) is 0.0367. The van der Waals surface area contributed by atoms with Gasteiger partial charge in [-0.05, 0) is 104 Å². The van der Waals surface area contributed by atoms with Crippen molar-refractivity contribution in [2.75, 3.05) is 95.7 Å². The number of nitrogens with two attached hydrogens (primary N) is 4. The Morgan fingerprint density at radius 3 is 1.27 bits per heavy atom. The van der Waals surface area contributed by atoms with E-state index >= 15 is 0 Å². The maximum atomic E-state index is 6.10. The first kappa shape index (κ1) is 49.4. The van der Waals surface area contributed by atoms with Gasteiger partial charge in [-0.1, -0.05) is 127 Å². The van der Waals surface area contributed by atoms with Gasteiger partial charge in [-0.15, -0.1) is 0 Å². The maximum Gasteiger partial charge on any atom is 0.232 e. The molecule has 16 heteroatoms. The van der Waals surface area contributed by atoms with Crippen LogP contribution in [0.3, 0.4) is 0 Å². The molecule has 1 aliphatic heterocycles. The number of aromatic nitrogens is 6. The van der Waals surface area contributed by atoms with Crippen molar-refractivity contribution in [1.82, 2.24) is 29.9 Å². The normalized spacial score (nSPS) is 14.7. The monoisotopic (exact) mass is 943 g/mol. The van der Waals surface area contributed by atoms with E-state index in [-0.39, 0.29) is 12.1 Å². The van der Waals surface area contributed by atoms with E-state index in [2.05, 4.69) is 145 Å². The Bertz CT molecular complexity index is 2620. The van der Waals surface area contributed by atoms with E-state index in [9.17, 15) is 0 Å². The molecule has 8 rings (SSSR count). The SMILES string of the molecule is NCCCN(CCCN)c1nc(NCc2ccccc2)nc(N2CC(Cc3ccccc3)N(c3nc(NCc4ccc5ccccc5c4)nc(N(CCCN)CCCN)n3)CC2Cc2ccccc2)n1. The molecule has 10 N–H and O–H groups in total. The van der Waals surface area contributed by atoms with Crippen molar-refractivity contribution in [3.05, 3.63) is 156 Å². The standard InChI is InChI=1S/C54H70N16/c55-26-12-30-67(31-13-27-56)51-61-49(59-37-43-20-8-3-9-21-43)63-53(65-51)69-39-48(36-42-18-6-2-7-19-42)70(40-47(69)35-41-16-4-1-5-17-41)54-64-50(62-52(66-54)68(32-14-28-57)33-15-29-58)60-38-44-24-25-45-22-10-11-23-46(45)34-44/h1-11,16-25,34,47-48H,12-15,26-33,35-40,55-58H2,(H,59,61,63,65)(H,60,62,64,66). The number of nitrogens with zero attached hydrogens (tertiary/aromatic N) is 10. The number of fused-ring (bicyclic) bond motifs is 1. The van der Waals surface area contributed by atoms with Crippen LogP contribution in [-0.2, 0) is 25.9 Å². The van der Waals surface area contributed by atoms with Crippen LogP contribution in [-0.4, -0.2) is 107 Å². The number of anilines is 6. The molecule has 2 aromatic heterocycles. The Labute approximate surface area is 413 Å². The molecule has 0 bridgehead atoms. The molecule has 7 aromatic rings. The van der Waals surface area contributed by atoms with Crippen molar-refractivity contribution in [2.45, 2.75) is 63.7 Å². The van der Waals surface area contributed by atoms with Gasteiger partial charge in [0.25, 0.3) is 0 Å². The highest BCUT2D eigenvalue weighted by molar-refractivity contribution is 5.83. The molecule has 1 aliphatic rings. The molecule has 0 radical (unpaired) electrons. The summed E-state index contributed by atoms with van der Waals surface area (Å²) in [6.45, 7) is 7.21. The summed E-state index contributed by atoms with van der Waals surface area (Å²) < 4.78 is 0. The molecule has 70 heavy (non-hydrogen) atoms. The predicted octanol–water partition coefficient (Wildman–Crippen LogP) is 5.99. The molecule has 0 amide bonds. The molecule has 16 nitrogen and oxygen atoms in total. The van der Waals surface area contributed by atoms with Gasteiger partial charge in [-0.25, -0.2) is 0 Å². The summed E-state index contributed by atoms with van der Waals surface area (Å²) in [5, 5.41) is 9.54. The molecule has 1 fully saturated rings. The second-order valence-corrected chi connectivity index (χ2v) is 17.9. The van der Waals surface area contributed by atoms with Crippen molar-refractivity contribution < 1.29 is 0 Å². The number of piperazine rings is 1. The van der Waals surface area contributed by atoms with Crippen LogP contribution in [0.5, 0.6) is 0 Å². The second-order valence-electron chi connectivity index (χ2n) is 17.9. The Morgan fingerprint density at radius 1 is 0.429 bits per heavy atom.